The average molecular weight is 373 g/mol. The molecule has 3 aromatic rings. The Balaban J connectivity index is 1.45. The van der Waals surface area contributed by atoms with Gasteiger partial charge in [-0.05, 0) is 23.6 Å². The number of nitrogens with zero attached hydrogens (tertiary/aromatic N) is 3. The Labute approximate surface area is 164 Å². The minimum atomic E-state index is -0.101. The fourth-order valence-corrected chi connectivity index (χ4v) is 3.41. The maximum atomic E-state index is 12.6. The van der Waals surface area contributed by atoms with Gasteiger partial charge in [-0.15, -0.1) is 0 Å². The third kappa shape index (κ3) is 4.18. The Hall–Kier alpha value is -3.25. The van der Waals surface area contributed by atoms with E-state index in [0.717, 1.165) is 41.9 Å². The molecule has 0 saturated heterocycles. The zero-order valence-electron chi connectivity index (χ0n) is 15.9. The molecule has 1 aromatic heterocycles. The molecule has 0 amide bonds. The van der Waals surface area contributed by atoms with Gasteiger partial charge >= 0.3 is 0 Å². The van der Waals surface area contributed by atoms with Crippen LogP contribution in [0.3, 0.4) is 0 Å². The van der Waals surface area contributed by atoms with Crippen LogP contribution in [-0.4, -0.2) is 27.6 Å². The molecule has 0 unspecified atom stereocenters. The van der Waals surface area contributed by atoms with Crippen molar-refractivity contribution in [1.29, 1.82) is 0 Å². The van der Waals surface area contributed by atoms with Crippen molar-refractivity contribution >= 4 is 12.2 Å². The van der Waals surface area contributed by atoms with Gasteiger partial charge in [-0.25, -0.2) is 10.4 Å². The van der Waals surface area contributed by atoms with Crippen LogP contribution in [0.15, 0.2) is 64.5 Å². The standard InChI is InChI=1S/C22H23N5O/c1-16-7-5-6-10-18(16)13-23-26-22-24-20-11-12-27(15-19(20)21(28)25-22)14-17-8-3-2-4-9-17/h2-10,13H,11-12,14-15H2,1H3,(H2,24,25,26,28)/b23-13-. The van der Waals surface area contributed by atoms with E-state index in [4.69, 9.17) is 0 Å². The van der Waals surface area contributed by atoms with Gasteiger partial charge < -0.3 is 0 Å². The molecule has 0 radical (unpaired) electrons. The summed E-state index contributed by atoms with van der Waals surface area (Å²) < 4.78 is 0. The number of hydrazone groups is 1. The molecule has 0 atom stereocenters. The molecule has 1 aliphatic rings. The van der Waals surface area contributed by atoms with Gasteiger partial charge in [0.05, 0.1) is 17.5 Å². The number of hydrogen-bond acceptors (Lipinski definition) is 5. The SMILES string of the molecule is Cc1ccccc1/C=N\Nc1nc2c(c(=O)[nH]1)CN(Cc1ccccc1)CC2. The molecule has 2 N–H and O–H groups in total. The number of H-pyrrole nitrogens is 1. The van der Waals surface area contributed by atoms with Crippen molar-refractivity contribution in [3.05, 3.63) is 92.9 Å². The van der Waals surface area contributed by atoms with Crippen LogP contribution in [0, 0.1) is 6.92 Å². The number of benzene rings is 2. The van der Waals surface area contributed by atoms with Gasteiger partial charge in [0.15, 0.2) is 0 Å². The second-order valence-electron chi connectivity index (χ2n) is 7.01. The number of aromatic nitrogens is 2. The Bertz CT molecular complexity index is 1040. The monoisotopic (exact) mass is 373 g/mol. The minimum absolute atomic E-state index is 0.101. The molecule has 6 heteroatoms. The average Bonchev–Trinajstić information content (AvgIpc) is 2.71. The van der Waals surface area contributed by atoms with Crippen molar-refractivity contribution in [1.82, 2.24) is 14.9 Å². The minimum Gasteiger partial charge on any atom is -0.294 e. The summed E-state index contributed by atoms with van der Waals surface area (Å²) in [7, 11) is 0. The lowest BCUT2D eigenvalue weighted by atomic mass is 10.1. The lowest BCUT2D eigenvalue weighted by molar-refractivity contribution is 0.242. The Morgan fingerprint density at radius 3 is 2.79 bits per heavy atom. The summed E-state index contributed by atoms with van der Waals surface area (Å²) in [4.78, 5) is 22.2. The molecule has 0 bridgehead atoms. The molecular formula is C22H23N5O. The van der Waals surface area contributed by atoms with Crippen LogP contribution < -0.4 is 11.0 Å². The number of nitrogens with one attached hydrogen (secondary N) is 2. The second kappa shape index (κ2) is 8.19. The predicted molar refractivity (Wildman–Crippen MR) is 112 cm³/mol. The molecule has 0 spiro atoms. The summed E-state index contributed by atoms with van der Waals surface area (Å²) in [5.74, 6) is 0.380. The van der Waals surface area contributed by atoms with Crippen molar-refractivity contribution in [3.63, 3.8) is 0 Å². The van der Waals surface area contributed by atoms with E-state index in [2.05, 4.69) is 37.5 Å². The van der Waals surface area contributed by atoms with Gasteiger partial charge in [0, 0.05) is 26.1 Å². The van der Waals surface area contributed by atoms with Gasteiger partial charge in [0.2, 0.25) is 5.95 Å². The van der Waals surface area contributed by atoms with E-state index in [9.17, 15) is 4.79 Å². The number of aryl methyl sites for hydroxylation is 1. The second-order valence-corrected chi connectivity index (χ2v) is 7.01. The van der Waals surface area contributed by atoms with Crippen LogP contribution in [0.4, 0.5) is 5.95 Å². The van der Waals surface area contributed by atoms with Crippen molar-refractivity contribution < 1.29 is 0 Å². The fourth-order valence-electron chi connectivity index (χ4n) is 3.41. The molecule has 1 aliphatic heterocycles. The molecule has 2 heterocycles. The molecule has 28 heavy (non-hydrogen) atoms. The first kappa shape index (κ1) is 18.1. The third-order valence-corrected chi connectivity index (χ3v) is 4.96. The van der Waals surface area contributed by atoms with E-state index >= 15 is 0 Å². The van der Waals surface area contributed by atoms with Crippen molar-refractivity contribution in [2.24, 2.45) is 5.10 Å². The summed E-state index contributed by atoms with van der Waals surface area (Å²) in [6.07, 6.45) is 2.48. The van der Waals surface area contributed by atoms with E-state index in [1.54, 1.807) is 6.21 Å². The fraction of sp³-hybridized carbons (Fsp3) is 0.227. The summed E-state index contributed by atoms with van der Waals surface area (Å²) in [6.45, 7) is 4.35. The van der Waals surface area contributed by atoms with Crippen molar-refractivity contribution in [2.45, 2.75) is 26.4 Å². The summed E-state index contributed by atoms with van der Waals surface area (Å²) in [5, 5.41) is 4.22. The first-order valence-electron chi connectivity index (χ1n) is 9.42. The lowest BCUT2D eigenvalue weighted by Gasteiger charge is -2.27. The molecular weight excluding hydrogens is 350 g/mol. The van der Waals surface area contributed by atoms with E-state index in [0.29, 0.717) is 12.5 Å². The first-order chi connectivity index (χ1) is 13.7. The normalized spacial score (nSPS) is 14.2. The topological polar surface area (TPSA) is 73.4 Å². The number of aromatic amines is 1. The quantitative estimate of drug-likeness (QED) is 0.532. The van der Waals surface area contributed by atoms with Crippen LogP contribution in [0.25, 0.3) is 0 Å². The number of hydrogen-bond donors (Lipinski definition) is 2. The Kier molecular flexibility index (Phi) is 5.30. The van der Waals surface area contributed by atoms with Crippen LogP contribution in [-0.2, 0) is 19.5 Å². The van der Waals surface area contributed by atoms with Crippen LogP contribution in [0.5, 0.6) is 0 Å². The highest BCUT2D eigenvalue weighted by molar-refractivity contribution is 5.81. The van der Waals surface area contributed by atoms with Gasteiger partial charge in [0.1, 0.15) is 0 Å². The lowest BCUT2D eigenvalue weighted by Crippen LogP contribution is -2.35. The Morgan fingerprint density at radius 2 is 1.96 bits per heavy atom. The van der Waals surface area contributed by atoms with Gasteiger partial charge in [-0.3, -0.25) is 14.7 Å². The summed E-state index contributed by atoms with van der Waals surface area (Å²) >= 11 is 0. The predicted octanol–water partition coefficient (Wildman–Crippen LogP) is 3.08. The Morgan fingerprint density at radius 1 is 1.18 bits per heavy atom. The highest BCUT2D eigenvalue weighted by Crippen LogP contribution is 2.17. The number of anilines is 1. The largest absolute Gasteiger partial charge is 0.294 e. The van der Waals surface area contributed by atoms with E-state index in [-0.39, 0.29) is 5.56 Å². The smallest absolute Gasteiger partial charge is 0.257 e. The van der Waals surface area contributed by atoms with Crippen molar-refractivity contribution in [3.8, 4) is 0 Å². The van der Waals surface area contributed by atoms with Gasteiger partial charge in [-0.2, -0.15) is 5.10 Å². The maximum absolute atomic E-state index is 12.6. The molecule has 0 saturated carbocycles. The maximum Gasteiger partial charge on any atom is 0.257 e. The van der Waals surface area contributed by atoms with E-state index in [1.165, 1.54) is 5.56 Å². The zero-order valence-corrected chi connectivity index (χ0v) is 15.9. The zero-order chi connectivity index (χ0) is 19.3. The van der Waals surface area contributed by atoms with Crippen LogP contribution >= 0.6 is 0 Å². The summed E-state index contributed by atoms with van der Waals surface area (Å²) in [5.41, 5.74) is 7.75. The number of rotatable bonds is 5. The van der Waals surface area contributed by atoms with Gasteiger partial charge in [0.25, 0.3) is 5.56 Å². The molecule has 0 fully saturated rings. The molecule has 0 aliphatic carbocycles. The van der Waals surface area contributed by atoms with E-state index < -0.39 is 0 Å². The molecule has 142 valence electrons. The van der Waals surface area contributed by atoms with Crippen molar-refractivity contribution in [2.75, 3.05) is 12.0 Å². The highest BCUT2D eigenvalue weighted by atomic mass is 16.1. The molecule has 6 nitrogen and oxygen atoms in total. The third-order valence-electron chi connectivity index (χ3n) is 4.96. The molecule has 4 rings (SSSR count). The highest BCUT2D eigenvalue weighted by Gasteiger charge is 2.21. The summed E-state index contributed by atoms with van der Waals surface area (Å²) in [6, 6.07) is 18.3. The van der Waals surface area contributed by atoms with Crippen LogP contribution in [0.2, 0.25) is 0 Å². The first-order valence-corrected chi connectivity index (χ1v) is 9.42. The van der Waals surface area contributed by atoms with E-state index in [1.807, 2.05) is 49.4 Å². The van der Waals surface area contributed by atoms with Gasteiger partial charge in [-0.1, -0.05) is 54.6 Å². The molecule has 2 aromatic carbocycles. The van der Waals surface area contributed by atoms with Crippen LogP contribution in [0.1, 0.15) is 27.9 Å². The number of fused-ring (bicyclic) bond motifs is 1.